The van der Waals surface area contributed by atoms with E-state index in [9.17, 15) is 19.8 Å². The minimum absolute atomic E-state index is 0.153. The number of aromatic nitrogens is 2. The molecule has 3 rings (SSSR count). The van der Waals surface area contributed by atoms with Crippen molar-refractivity contribution < 1.29 is 15.0 Å². The van der Waals surface area contributed by atoms with Crippen LogP contribution >= 0.6 is 11.6 Å². The summed E-state index contributed by atoms with van der Waals surface area (Å²) in [5.41, 5.74) is -2.19. The highest BCUT2D eigenvalue weighted by molar-refractivity contribution is 6.33. The van der Waals surface area contributed by atoms with Gasteiger partial charge in [0.15, 0.2) is 0 Å². The lowest BCUT2D eigenvalue weighted by Gasteiger charge is -2.32. The van der Waals surface area contributed by atoms with Crippen LogP contribution in [0, 0.1) is 0 Å². The van der Waals surface area contributed by atoms with Crippen molar-refractivity contribution in [2.75, 3.05) is 6.54 Å². The molecular formula is C20H24ClN3O4. The van der Waals surface area contributed by atoms with Gasteiger partial charge in [0, 0.05) is 12.7 Å². The van der Waals surface area contributed by atoms with E-state index in [4.69, 9.17) is 11.6 Å². The number of hydrogen-bond donors (Lipinski definition) is 4. The zero-order valence-corrected chi connectivity index (χ0v) is 16.4. The van der Waals surface area contributed by atoms with Crippen LogP contribution in [0.3, 0.4) is 0 Å². The fraction of sp³-hybridized carbons (Fsp3) is 0.450. The molecule has 0 radical (unpaired) electrons. The van der Waals surface area contributed by atoms with Crippen LogP contribution < -0.4 is 11.0 Å². The third kappa shape index (κ3) is 4.43. The molecule has 8 heteroatoms. The maximum absolute atomic E-state index is 12.7. The van der Waals surface area contributed by atoms with Gasteiger partial charge in [-0.25, -0.2) is 9.78 Å². The van der Waals surface area contributed by atoms with Gasteiger partial charge in [-0.2, -0.15) is 0 Å². The Bertz CT molecular complexity index is 920. The summed E-state index contributed by atoms with van der Waals surface area (Å²) in [6, 6.07) is 6.09. The average Bonchev–Trinajstić information content (AvgIpc) is 2.67. The van der Waals surface area contributed by atoms with Crippen LogP contribution in [0.2, 0.25) is 5.02 Å². The molecule has 0 saturated heterocycles. The third-order valence-electron chi connectivity index (χ3n) is 5.33. The summed E-state index contributed by atoms with van der Waals surface area (Å²) in [5, 5.41) is 24.5. The molecule has 2 aromatic rings. The number of aromatic amines is 1. The van der Waals surface area contributed by atoms with Crippen molar-refractivity contribution in [3.05, 3.63) is 62.8 Å². The average molecular weight is 406 g/mol. The molecule has 0 bridgehead atoms. The second-order valence-electron chi connectivity index (χ2n) is 7.52. The second-order valence-corrected chi connectivity index (χ2v) is 7.93. The highest BCUT2D eigenvalue weighted by Gasteiger charge is 2.31. The van der Waals surface area contributed by atoms with Gasteiger partial charge in [-0.05, 0) is 43.5 Å². The Kier molecular flexibility index (Phi) is 5.88. The Balaban J connectivity index is 1.82. The zero-order chi connectivity index (χ0) is 20.4. The van der Waals surface area contributed by atoms with Crippen molar-refractivity contribution in [2.45, 2.75) is 50.2 Å². The number of halogens is 1. The van der Waals surface area contributed by atoms with Gasteiger partial charge in [-0.15, -0.1) is 0 Å². The first kappa shape index (κ1) is 20.5. The Morgan fingerprint density at radius 1 is 1.32 bits per heavy atom. The van der Waals surface area contributed by atoms with E-state index in [0.29, 0.717) is 18.4 Å². The molecule has 4 N–H and O–H groups in total. The van der Waals surface area contributed by atoms with E-state index in [-0.39, 0.29) is 22.8 Å². The number of aliphatic hydroxyl groups is 2. The first-order chi connectivity index (χ1) is 13.2. The highest BCUT2D eigenvalue weighted by atomic mass is 35.5. The van der Waals surface area contributed by atoms with E-state index in [1.165, 1.54) is 31.3 Å². The number of benzene rings is 1. The summed E-state index contributed by atoms with van der Waals surface area (Å²) in [5.74, 6) is -0.426. The first-order valence-corrected chi connectivity index (χ1v) is 9.68. The monoisotopic (exact) mass is 405 g/mol. The number of H-pyrrole nitrogens is 1. The van der Waals surface area contributed by atoms with E-state index in [2.05, 4.69) is 15.3 Å². The number of carbonyl (C=O) groups excluding carboxylic acids is 1. The van der Waals surface area contributed by atoms with Crippen LogP contribution in [0.4, 0.5) is 0 Å². The predicted molar refractivity (Wildman–Crippen MR) is 105 cm³/mol. The highest BCUT2D eigenvalue weighted by Crippen LogP contribution is 2.31. The van der Waals surface area contributed by atoms with Gasteiger partial charge in [0.1, 0.15) is 5.60 Å². The molecule has 150 valence electrons. The van der Waals surface area contributed by atoms with Gasteiger partial charge in [-0.3, -0.25) is 4.79 Å². The molecular weight excluding hydrogens is 382 g/mol. The Morgan fingerprint density at radius 3 is 2.71 bits per heavy atom. The van der Waals surface area contributed by atoms with Gasteiger partial charge < -0.3 is 20.5 Å². The Morgan fingerprint density at radius 2 is 2.04 bits per heavy atom. The Labute approximate surface area is 167 Å². The summed E-state index contributed by atoms with van der Waals surface area (Å²) in [6.07, 6.45) is 5.59. The molecule has 1 atom stereocenters. The van der Waals surface area contributed by atoms with Crippen molar-refractivity contribution in [3.63, 3.8) is 0 Å². The van der Waals surface area contributed by atoms with E-state index < -0.39 is 22.8 Å². The quantitative estimate of drug-likeness (QED) is 0.608. The maximum atomic E-state index is 12.7. The summed E-state index contributed by atoms with van der Waals surface area (Å²) < 4.78 is 0. The fourth-order valence-corrected chi connectivity index (χ4v) is 3.74. The van der Waals surface area contributed by atoms with Crippen molar-refractivity contribution in [1.82, 2.24) is 15.3 Å². The van der Waals surface area contributed by atoms with Crippen LogP contribution in [0.15, 0.2) is 35.3 Å². The second kappa shape index (κ2) is 8.03. The van der Waals surface area contributed by atoms with Crippen LogP contribution in [0.5, 0.6) is 0 Å². The maximum Gasteiger partial charge on any atom is 0.345 e. The number of carbonyl (C=O) groups is 1. The lowest BCUT2D eigenvalue weighted by Crippen LogP contribution is -2.44. The molecule has 1 aromatic carbocycles. The van der Waals surface area contributed by atoms with E-state index in [0.717, 1.165) is 19.3 Å². The Hall–Kier alpha value is -2.22. The van der Waals surface area contributed by atoms with E-state index in [1.54, 1.807) is 6.07 Å². The van der Waals surface area contributed by atoms with Gasteiger partial charge in [0.05, 0.1) is 21.9 Å². The molecule has 1 heterocycles. The minimum Gasteiger partial charge on any atom is -0.388 e. The summed E-state index contributed by atoms with van der Waals surface area (Å²) in [7, 11) is 0. The van der Waals surface area contributed by atoms with Crippen molar-refractivity contribution in [2.24, 2.45) is 0 Å². The normalized spacial score (nSPS) is 18.3. The number of nitrogens with zero attached hydrogens (tertiary/aromatic N) is 1. The van der Waals surface area contributed by atoms with Crippen molar-refractivity contribution in [1.29, 1.82) is 0 Å². The summed E-state index contributed by atoms with van der Waals surface area (Å²) in [6.45, 7) is 1.66. The molecule has 28 heavy (non-hydrogen) atoms. The SMILES string of the molecule is CC(O)(c1ccc(Cl)c(C(=O)NCC2(O)CCCCC2)c1)c1ccnc(=O)[nH]1. The van der Waals surface area contributed by atoms with Gasteiger partial charge >= 0.3 is 5.69 Å². The molecule has 7 nitrogen and oxygen atoms in total. The van der Waals surface area contributed by atoms with E-state index in [1.807, 2.05) is 0 Å². The standard InChI is InChI=1S/C20H24ClN3O4/c1-19(27,16-7-10-22-18(26)24-16)13-5-6-15(21)14(11-13)17(25)23-12-20(28)8-3-2-4-9-20/h5-7,10-11,27-28H,2-4,8-9,12H2,1H3,(H,23,25)(H,22,24,26). The van der Waals surface area contributed by atoms with Gasteiger partial charge in [0.2, 0.25) is 0 Å². The number of rotatable bonds is 5. The molecule has 1 aliphatic carbocycles. The summed E-state index contributed by atoms with van der Waals surface area (Å²) >= 11 is 6.20. The van der Waals surface area contributed by atoms with E-state index >= 15 is 0 Å². The fourth-order valence-electron chi connectivity index (χ4n) is 3.54. The third-order valence-corrected chi connectivity index (χ3v) is 5.66. The van der Waals surface area contributed by atoms with Gasteiger partial charge in [0.25, 0.3) is 5.91 Å². The number of hydrogen-bond acceptors (Lipinski definition) is 5. The number of amides is 1. The lowest BCUT2D eigenvalue weighted by atomic mass is 9.85. The molecule has 1 saturated carbocycles. The molecule has 0 spiro atoms. The van der Waals surface area contributed by atoms with Crippen LogP contribution in [0.25, 0.3) is 0 Å². The zero-order valence-electron chi connectivity index (χ0n) is 15.7. The predicted octanol–water partition coefficient (Wildman–Crippen LogP) is 2.10. The molecule has 1 amide bonds. The van der Waals surface area contributed by atoms with Crippen LogP contribution in [-0.2, 0) is 5.60 Å². The lowest BCUT2D eigenvalue weighted by molar-refractivity contribution is 0.00525. The molecule has 0 aliphatic heterocycles. The molecule has 1 aromatic heterocycles. The minimum atomic E-state index is -1.55. The van der Waals surface area contributed by atoms with Crippen LogP contribution in [0.1, 0.15) is 60.6 Å². The van der Waals surface area contributed by atoms with Crippen molar-refractivity contribution >= 4 is 17.5 Å². The van der Waals surface area contributed by atoms with Gasteiger partial charge in [-0.1, -0.05) is 36.9 Å². The molecule has 1 unspecified atom stereocenters. The van der Waals surface area contributed by atoms with Crippen molar-refractivity contribution in [3.8, 4) is 0 Å². The molecule has 1 aliphatic rings. The topological polar surface area (TPSA) is 115 Å². The largest absolute Gasteiger partial charge is 0.388 e. The van der Waals surface area contributed by atoms with Crippen LogP contribution in [-0.4, -0.2) is 38.2 Å². The summed E-state index contributed by atoms with van der Waals surface area (Å²) in [4.78, 5) is 30.2. The first-order valence-electron chi connectivity index (χ1n) is 9.30. The smallest absolute Gasteiger partial charge is 0.345 e. The molecule has 1 fully saturated rings. The number of nitrogens with one attached hydrogen (secondary N) is 2.